The third-order valence-electron chi connectivity index (χ3n) is 3.55. The Kier molecular flexibility index (Phi) is 6.13. The molecule has 2 aromatic carbocycles. The van der Waals surface area contributed by atoms with Gasteiger partial charge in [-0.2, -0.15) is 0 Å². The van der Waals surface area contributed by atoms with E-state index in [-0.39, 0.29) is 6.04 Å². The molecule has 22 heavy (non-hydrogen) atoms. The van der Waals surface area contributed by atoms with Crippen LogP contribution < -0.4 is 11.1 Å². The van der Waals surface area contributed by atoms with Gasteiger partial charge in [0.05, 0.1) is 0 Å². The lowest BCUT2D eigenvalue weighted by Crippen LogP contribution is -2.45. The molecule has 0 unspecified atom stereocenters. The number of nitrogens with one attached hydrogen (secondary N) is 1. The first kappa shape index (κ1) is 16.2. The number of nitrogens with two attached hydrogens (primary N) is 1. The summed E-state index contributed by atoms with van der Waals surface area (Å²) in [5, 5.41) is 12.4. The molecule has 0 amide bonds. The summed E-state index contributed by atoms with van der Waals surface area (Å²) in [5.74, 6) is -0.851. The van der Waals surface area contributed by atoms with E-state index in [1.807, 2.05) is 60.7 Å². The Bertz CT molecular complexity index is 572. The summed E-state index contributed by atoms with van der Waals surface area (Å²) < 4.78 is 0. The number of hydrogen-bond acceptors (Lipinski definition) is 3. The van der Waals surface area contributed by atoms with Crippen LogP contribution >= 0.6 is 0 Å². The van der Waals surface area contributed by atoms with Gasteiger partial charge in [-0.25, -0.2) is 0 Å². The summed E-state index contributed by atoms with van der Waals surface area (Å²) in [6.07, 6.45) is 1.18. The van der Waals surface area contributed by atoms with Gasteiger partial charge < -0.3 is 16.2 Å². The van der Waals surface area contributed by atoms with Gasteiger partial charge in [0.1, 0.15) is 6.04 Å². The molecule has 2 atom stereocenters. The zero-order valence-corrected chi connectivity index (χ0v) is 12.5. The van der Waals surface area contributed by atoms with Crippen LogP contribution in [0.3, 0.4) is 0 Å². The summed E-state index contributed by atoms with van der Waals surface area (Å²) in [4.78, 5) is 11.4. The molecule has 116 valence electrons. The van der Waals surface area contributed by atoms with Crippen molar-refractivity contribution in [3.05, 3.63) is 71.8 Å². The van der Waals surface area contributed by atoms with Gasteiger partial charge in [-0.15, -0.1) is 0 Å². The first-order chi connectivity index (χ1) is 10.6. The van der Waals surface area contributed by atoms with E-state index in [4.69, 9.17) is 5.73 Å². The SMILES string of the molecule is N[C@H](CN[C@@H](Cc1ccccc1)C(=O)O)Cc1ccccc1. The lowest BCUT2D eigenvalue weighted by molar-refractivity contribution is -0.139. The van der Waals surface area contributed by atoms with Crippen molar-refractivity contribution >= 4 is 5.97 Å². The van der Waals surface area contributed by atoms with E-state index in [1.165, 1.54) is 0 Å². The maximum absolute atomic E-state index is 11.4. The monoisotopic (exact) mass is 298 g/mol. The summed E-state index contributed by atoms with van der Waals surface area (Å²) >= 11 is 0. The van der Waals surface area contributed by atoms with Crippen LogP contribution in [0.2, 0.25) is 0 Å². The summed E-state index contributed by atoms with van der Waals surface area (Å²) in [6, 6.07) is 18.8. The summed E-state index contributed by atoms with van der Waals surface area (Å²) in [5.41, 5.74) is 8.25. The maximum Gasteiger partial charge on any atom is 0.321 e. The molecule has 0 aliphatic rings. The lowest BCUT2D eigenvalue weighted by atomic mass is 10.0. The van der Waals surface area contributed by atoms with Crippen molar-refractivity contribution in [1.29, 1.82) is 0 Å². The molecular formula is C18H22N2O2. The normalized spacial score (nSPS) is 13.5. The number of carbonyl (C=O) groups is 1. The van der Waals surface area contributed by atoms with E-state index >= 15 is 0 Å². The number of aliphatic carboxylic acids is 1. The van der Waals surface area contributed by atoms with Crippen LogP contribution in [0, 0.1) is 0 Å². The van der Waals surface area contributed by atoms with Gasteiger partial charge in [0, 0.05) is 12.6 Å². The van der Waals surface area contributed by atoms with Crippen LogP contribution in [0.5, 0.6) is 0 Å². The Morgan fingerprint density at radius 2 is 1.45 bits per heavy atom. The van der Waals surface area contributed by atoms with Crippen LogP contribution in [0.4, 0.5) is 0 Å². The second kappa shape index (κ2) is 8.32. The number of carboxylic acids is 1. The molecule has 2 aromatic rings. The fourth-order valence-corrected chi connectivity index (χ4v) is 2.38. The second-order valence-corrected chi connectivity index (χ2v) is 5.44. The molecule has 0 saturated heterocycles. The lowest BCUT2D eigenvalue weighted by Gasteiger charge is -2.18. The van der Waals surface area contributed by atoms with Crippen molar-refractivity contribution in [1.82, 2.24) is 5.32 Å². The quantitative estimate of drug-likeness (QED) is 0.695. The van der Waals surface area contributed by atoms with Crippen molar-refractivity contribution in [2.75, 3.05) is 6.54 Å². The number of benzene rings is 2. The van der Waals surface area contributed by atoms with Gasteiger partial charge in [-0.3, -0.25) is 4.79 Å². The van der Waals surface area contributed by atoms with Gasteiger partial charge in [0.15, 0.2) is 0 Å². The molecule has 0 aliphatic carbocycles. The van der Waals surface area contributed by atoms with E-state index < -0.39 is 12.0 Å². The van der Waals surface area contributed by atoms with Gasteiger partial charge in [-0.05, 0) is 24.0 Å². The van der Waals surface area contributed by atoms with Crippen molar-refractivity contribution in [2.24, 2.45) is 5.73 Å². The highest BCUT2D eigenvalue weighted by Gasteiger charge is 2.18. The highest BCUT2D eigenvalue weighted by Crippen LogP contribution is 2.05. The molecular weight excluding hydrogens is 276 g/mol. The molecule has 2 rings (SSSR count). The summed E-state index contributed by atoms with van der Waals surface area (Å²) in [7, 11) is 0. The second-order valence-electron chi connectivity index (χ2n) is 5.44. The molecule has 0 heterocycles. The third kappa shape index (κ3) is 5.31. The fraction of sp³-hybridized carbons (Fsp3) is 0.278. The largest absolute Gasteiger partial charge is 0.480 e. The Labute approximate surface area is 131 Å². The van der Waals surface area contributed by atoms with E-state index in [2.05, 4.69) is 5.32 Å². The van der Waals surface area contributed by atoms with Crippen LogP contribution in [-0.2, 0) is 17.6 Å². The standard InChI is InChI=1S/C18H22N2O2/c19-16(11-14-7-3-1-4-8-14)13-20-17(18(21)22)12-15-9-5-2-6-10-15/h1-10,16-17,20H,11-13,19H2,(H,21,22)/t16-,17-/m0/s1. The Hall–Kier alpha value is -2.17. The number of rotatable bonds is 8. The van der Waals surface area contributed by atoms with Crippen molar-refractivity contribution < 1.29 is 9.90 Å². The van der Waals surface area contributed by atoms with E-state index in [9.17, 15) is 9.90 Å². The maximum atomic E-state index is 11.4. The zero-order valence-electron chi connectivity index (χ0n) is 12.5. The predicted octanol–water partition coefficient (Wildman–Crippen LogP) is 1.84. The zero-order chi connectivity index (χ0) is 15.8. The molecule has 4 N–H and O–H groups in total. The molecule has 0 aliphatic heterocycles. The van der Waals surface area contributed by atoms with Crippen LogP contribution in [0.15, 0.2) is 60.7 Å². The minimum atomic E-state index is -0.851. The number of hydrogen-bond donors (Lipinski definition) is 3. The molecule has 0 bridgehead atoms. The topological polar surface area (TPSA) is 75.3 Å². The van der Waals surface area contributed by atoms with E-state index in [0.29, 0.717) is 13.0 Å². The average molecular weight is 298 g/mol. The van der Waals surface area contributed by atoms with Gasteiger partial charge in [-0.1, -0.05) is 60.7 Å². The van der Waals surface area contributed by atoms with E-state index in [0.717, 1.165) is 17.5 Å². The van der Waals surface area contributed by atoms with Gasteiger partial charge >= 0.3 is 5.97 Å². The van der Waals surface area contributed by atoms with Crippen LogP contribution in [0.1, 0.15) is 11.1 Å². The number of carboxylic acid groups (broad SMARTS) is 1. The molecule has 0 spiro atoms. The Morgan fingerprint density at radius 3 is 1.95 bits per heavy atom. The smallest absolute Gasteiger partial charge is 0.321 e. The minimum absolute atomic E-state index is 0.111. The molecule has 0 saturated carbocycles. The molecule has 4 nitrogen and oxygen atoms in total. The molecule has 0 aromatic heterocycles. The van der Waals surface area contributed by atoms with Gasteiger partial charge in [0.25, 0.3) is 0 Å². The van der Waals surface area contributed by atoms with Crippen molar-refractivity contribution in [2.45, 2.75) is 24.9 Å². The highest BCUT2D eigenvalue weighted by atomic mass is 16.4. The minimum Gasteiger partial charge on any atom is -0.480 e. The fourth-order valence-electron chi connectivity index (χ4n) is 2.38. The average Bonchev–Trinajstić information content (AvgIpc) is 2.53. The first-order valence-electron chi connectivity index (χ1n) is 7.45. The van der Waals surface area contributed by atoms with Crippen molar-refractivity contribution in [3.8, 4) is 0 Å². The summed E-state index contributed by atoms with van der Waals surface area (Å²) in [6.45, 7) is 0.471. The molecule has 4 heteroatoms. The van der Waals surface area contributed by atoms with Crippen LogP contribution in [0.25, 0.3) is 0 Å². The Balaban J connectivity index is 1.85. The van der Waals surface area contributed by atoms with E-state index in [1.54, 1.807) is 0 Å². The predicted molar refractivity (Wildman–Crippen MR) is 87.7 cm³/mol. The third-order valence-corrected chi connectivity index (χ3v) is 3.55. The Morgan fingerprint density at radius 1 is 0.955 bits per heavy atom. The van der Waals surface area contributed by atoms with Gasteiger partial charge in [0.2, 0.25) is 0 Å². The molecule has 0 radical (unpaired) electrons. The van der Waals surface area contributed by atoms with Crippen molar-refractivity contribution in [3.63, 3.8) is 0 Å². The highest BCUT2D eigenvalue weighted by molar-refractivity contribution is 5.73. The molecule has 0 fully saturated rings. The first-order valence-corrected chi connectivity index (χ1v) is 7.45. The van der Waals surface area contributed by atoms with Crippen LogP contribution in [-0.4, -0.2) is 29.7 Å².